The molecule has 0 radical (unpaired) electrons. The molecule has 0 saturated heterocycles. The van der Waals surface area contributed by atoms with Gasteiger partial charge >= 0.3 is 0 Å². The summed E-state index contributed by atoms with van der Waals surface area (Å²) in [6, 6.07) is 8.27. The Balaban J connectivity index is 1.96. The molecule has 8 N–H and O–H groups in total. The molecule has 0 amide bonds. The van der Waals surface area contributed by atoms with Gasteiger partial charge in [0.1, 0.15) is 0 Å². The molecular formula is C18H22N4. The van der Waals surface area contributed by atoms with Crippen LogP contribution in [0.4, 0.5) is 0 Å². The molecule has 0 saturated carbocycles. The molecule has 0 bridgehead atoms. The molecule has 0 aliphatic heterocycles. The number of nitrogens with two attached hydrogens (primary N) is 4. The van der Waals surface area contributed by atoms with Crippen LogP contribution in [0.5, 0.6) is 0 Å². The molecular weight excluding hydrogens is 272 g/mol. The van der Waals surface area contributed by atoms with E-state index in [2.05, 4.69) is 24.3 Å². The van der Waals surface area contributed by atoms with Gasteiger partial charge in [0.2, 0.25) is 0 Å². The summed E-state index contributed by atoms with van der Waals surface area (Å²) in [5.41, 5.74) is 26.8. The van der Waals surface area contributed by atoms with Crippen molar-refractivity contribution in [3.63, 3.8) is 0 Å². The van der Waals surface area contributed by atoms with Crippen LogP contribution in [-0.4, -0.2) is 11.3 Å². The summed E-state index contributed by atoms with van der Waals surface area (Å²) in [7, 11) is 0. The van der Waals surface area contributed by atoms with Crippen molar-refractivity contribution in [1.29, 1.82) is 0 Å². The van der Waals surface area contributed by atoms with Gasteiger partial charge in [-0.05, 0) is 34.4 Å². The smallest absolute Gasteiger partial charge is 0.0867 e. The molecule has 4 nitrogen and oxygen atoms in total. The lowest BCUT2D eigenvalue weighted by molar-refractivity contribution is 0.558. The molecule has 0 heterocycles. The zero-order valence-electron chi connectivity index (χ0n) is 12.5. The lowest BCUT2D eigenvalue weighted by Crippen LogP contribution is -2.47. The van der Waals surface area contributed by atoms with E-state index in [0.29, 0.717) is 12.8 Å². The van der Waals surface area contributed by atoms with Gasteiger partial charge in [-0.2, -0.15) is 0 Å². The minimum absolute atomic E-state index is 0.622. The van der Waals surface area contributed by atoms with Crippen molar-refractivity contribution in [1.82, 2.24) is 0 Å². The third kappa shape index (κ3) is 3.10. The van der Waals surface area contributed by atoms with Crippen LogP contribution >= 0.6 is 0 Å². The van der Waals surface area contributed by atoms with E-state index >= 15 is 0 Å². The molecule has 3 rings (SSSR count). The summed E-state index contributed by atoms with van der Waals surface area (Å²) >= 11 is 0. The van der Waals surface area contributed by atoms with Crippen molar-refractivity contribution in [2.24, 2.45) is 22.9 Å². The second-order valence-electron chi connectivity index (χ2n) is 6.16. The number of rotatable bonds is 2. The lowest BCUT2D eigenvalue weighted by atomic mass is 9.87. The van der Waals surface area contributed by atoms with Crippen LogP contribution in [0.25, 0.3) is 11.1 Å². The minimum atomic E-state index is -0.749. The molecule has 1 aromatic rings. The first kappa shape index (κ1) is 14.9. The second kappa shape index (κ2) is 5.34. The van der Waals surface area contributed by atoms with Gasteiger partial charge in [-0.15, -0.1) is 0 Å². The fourth-order valence-corrected chi connectivity index (χ4v) is 2.72. The molecule has 0 atom stereocenters. The van der Waals surface area contributed by atoms with E-state index in [9.17, 15) is 0 Å². The van der Waals surface area contributed by atoms with Crippen LogP contribution < -0.4 is 22.9 Å². The summed E-state index contributed by atoms with van der Waals surface area (Å²) in [5, 5.41) is 0. The Labute approximate surface area is 130 Å². The summed E-state index contributed by atoms with van der Waals surface area (Å²) in [6.07, 6.45) is 13.1. The van der Waals surface area contributed by atoms with E-state index in [-0.39, 0.29) is 0 Å². The number of hydrogen-bond acceptors (Lipinski definition) is 4. The molecule has 1 aromatic carbocycles. The van der Waals surface area contributed by atoms with Crippen LogP contribution in [0.15, 0.2) is 60.7 Å². The minimum Gasteiger partial charge on any atom is -0.310 e. The zero-order valence-corrected chi connectivity index (χ0v) is 12.5. The van der Waals surface area contributed by atoms with Gasteiger partial charge in [0.15, 0.2) is 0 Å². The molecule has 4 heteroatoms. The lowest BCUT2D eigenvalue weighted by Gasteiger charge is -2.25. The van der Waals surface area contributed by atoms with E-state index in [1.54, 1.807) is 0 Å². The quantitative estimate of drug-likeness (QED) is 0.622. The SMILES string of the molecule is NC1(N)C=CC(c2ccccc2C2=CCC(N)(N)C=C2)=CC1. The standard InChI is InChI=1S/C18H22N4/c19-17(20)9-5-13(6-10-17)15-3-1-2-4-16(15)14-7-11-18(21,22)12-8-14/h1-9,11H,10,12,19-22H2. The van der Waals surface area contributed by atoms with Crippen molar-refractivity contribution >= 4 is 11.1 Å². The average Bonchev–Trinajstić information content (AvgIpc) is 2.47. The molecule has 0 aromatic heterocycles. The molecule has 0 unspecified atom stereocenters. The Morgan fingerprint density at radius 1 is 0.682 bits per heavy atom. The number of benzene rings is 1. The highest BCUT2D eigenvalue weighted by Gasteiger charge is 2.21. The average molecular weight is 294 g/mol. The maximum Gasteiger partial charge on any atom is 0.0867 e. The Morgan fingerprint density at radius 3 is 1.41 bits per heavy atom. The van der Waals surface area contributed by atoms with Gasteiger partial charge in [0, 0.05) is 12.8 Å². The fraction of sp³-hybridized carbons (Fsp3) is 0.222. The largest absolute Gasteiger partial charge is 0.310 e. The van der Waals surface area contributed by atoms with Crippen molar-refractivity contribution in [3.8, 4) is 0 Å². The van der Waals surface area contributed by atoms with E-state index in [0.717, 1.165) is 22.3 Å². The maximum absolute atomic E-state index is 5.92. The summed E-state index contributed by atoms with van der Waals surface area (Å²) in [4.78, 5) is 0. The predicted octanol–water partition coefficient (Wildman–Crippen LogP) is 1.60. The highest BCUT2D eigenvalue weighted by Crippen LogP contribution is 2.32. The van der Waals surface area contributed by atoms with Crippen molar-refractivity contribution in [2.45, 2.75) is 24.2 Å². The first-order valence-corrected chi connectivity index (χ1v) is 7.40. The monoisotopic (exact) mass is 294 g/mol. The van der Waals surface area contributed by atoms with Gasteiger partial charge in [-0.1, -0.05) is 48.6 Å². The Hall–Kier alpha value is -1.98. The molecule has 22 heavy (non-hydrogen) atoms. The highest BCUT2D eigenvalue weighted by molar-refractivity contribution is 5.87. The fourth-order valence-electron chi connectivity index (χ4n) is 2.72. The summed E-state index contributed by atoms with van der Waals surface area (Å²) < 4.78 is 0. The van der Waals surface area contributed by atoms with Crippen LogP contribution in [-0.2, 0) is 0 Å². The van der Waals surface area contributed by atoms with Crippen LogP contribution in [0.1, 0.15) is 24.0 Å². The second-order valence-corrected chi connectivity index (χ2v) is 6.16. The third-order valence-corrected chi connectivity index (χ3v) is 4.05. The van der Waals surface area contributed by atoms with E-state index in [1.807, 2.05) is 36.4 Å². The Morgan fingerprint density at radius 2 is 1.09 bits per heavy atom. The van der Waals surface area contributed by atoms with Crippen LogP contribution in [0.3, 0.4) is 0 Å². The van der Waals surface area contributed by atoms with Gasteiger partial charge in [-0.25, -0.2) is 0 Å². The van der Waals surface area contributed by atoms with Gasteiger partial charge in [-0.3, -0.25) is 0 Å². The first-order chi connectivity index (χ1) is 10.4. The summed E-state index contributed by atoms with van der Waals surface area (Å²) in [6.45, 7) is 0. The van der Waals surface area contributed by atoms with E-state index < -0.39 is 11.3 Å². The first-order valence-electron chi connectivity index (χ1n) is 7.40. The molecule has 2 aliphatic rings. The predicted molar refractivity (Wildman–Crippen MR) is 92.1 cm³/mol. The van der Waals surface area contributed by atoms with Gasteiger partial charge in [0.05, 0.1) is 11.3 Å². The van der Waals surface area contributed by atoms with E-state index in [4.69, 9.17) is 22.9 Å². The molecule has 0 spiro atoms. The normalized spacial score (nSPS) is 22.2. The van der Waals surface area contributed by atoms with Crippen molar-refractivity contribution in [3.05, 3.63) is 71.8 Å². The number of allylic oxidation sites excluding steroid dienone is 4. The Bertz CT molecular complexity index is 645. The zero-order chi connectivity index (χ0) is 15.8. The topological polar surface area (TPSA) is 104 Å². The van der Waals surface area contributed by atoms with Crippen LogP contribution in [0.2, 0.25) is 0 Å². The number of hydrogen-bond donors (Lipinski definition) is 4. The van der Waals surface area contributed by atoms with E-state index in [1.165, 1.54) is 0 Å². The van der Waals surface area contributed by atoms with Gasteiger partial charge < -0.3 is 22.9 Å². The summed E-state index contributed by atoms with van der Waals surface area (Å²) in [5.74, 6) is 0. The molecule has 114 valence electrons. The van der Waals surface area contributed by atoms with Crippen molar-refractivity contribution < 1.29 is 0 Å². The van der Waals surface area contributed by atoms with Gasteiger partial charge in [0.25, 0.3) is 0 Å². The molecule has 0 fully saturated rings. The maximum atomic E-state index is 5.92. The van der Waals surface area contributed by atoms with Crippen molar-refractivity contribution in [2.75, 3.05) is 0 Å². The third-order valence-electron chi connectivity index (χ3n) is 4.05. The van der Waals surface area contributed by atoms with Crippen LogP contribution in [0, 0.1) is 0 Å². The molecule has 2 aliphatic carbocycles. The Kier molecular flexibility index (Phi) is 3.62. The highest BCUT2D eigenvalue weighted by atomic mass is 14.9.